The van der Waals surface area contributed by atoms with Crippen molar-refractivity contribution in [1.29, 1.82) is 0 Å². The number of halogens is 2. The second kappa shape index (κ2) is 6.70. The molecule has 0 aliphatic rings. The zero-order valence-corrected chi connectivity index (χ0v) is 13.3. The van der Waals surface area contributed by atoms with E-state index in [0.717, 1.165) is 0 Å². The largest absolute Gasteiger partial charge is 0.319 e. The standard InChI is InChI=1S/C16H10ClFN4O3/c17-13-2-1-3-14(15(13)18)20-16(23)10-8-19-21(9-10)11-4-6-12(7-5-11)22(24)25/h1-9H,(H,20,23). The smallest absolute Gasteiger partial charge is 0.269 e. The van der Waals surface area contributed by atoms with Crippen LogP contribution in [0.2, 0.25) is 5.02 Å². The number of benzene rings is 2. The number of rotatable bonds is 4. The van der Waals surface area contributed by atoms with E-state index in [-0.39, 0.29) is 22.0 Å². The molecule has 2 aromatic carbocycles. The first-order valence-electron chi connectivity index (χ1n) is 7.00. The van der Waals surface area contributed by atoms with Crippen molar-refractivity contribution in [1.82, 2.24) is 9.78 Å². The highest BCUT2D eigenvalue weighted by atomic mass is 35.5. The number of nitro benzene ring substituents is 1. The fourth-order valence-corrected chi connectivity index (χ4v) is 2.28. The van der Waals surface area contributed by atoms with Gasteiger partial charge in [0.2, 0.25) is 0 Å². The van der Waals surface area contributed by atoms with Gasteiger partial charge in [0, 0.05) is 18.3 Å². The molecule has 3 rings (SSSR count). The third-order valence-corrected chi connectivity index (χ3v) is 3.66. The Morgan fingerprint density at radius 3 is 2.64 bits per heavy atom. The molecule has 126 valence electrons. The summed E-state index contributed by atoms with van der Waals surface area (Å²) >= 11 is 5.67. The molecule has 0 spiro atoms. The third-order valence-electron chi connectivity index (χ3n) is 3.37. The number of nitro groups is 1. The second-order valence-electron chi connectivity index (χ2n) is 5.00. The van der Waals surface area contributed by atoms with Gasteiger partial charge in [0.15, 0.2) is 5.82 Å². The van der Waals surface area contributed by atoms with Crippen LogP contribution in [0.15, 0.2) is 54.9 Å². The maximum atomic E-state index is 13.8. The van der Waals surface area contributed by atoms with Crippen LogP contribution in [0.3, 0.4) is 0 Å². The lowest BCUT2D eigenvalue weighted by atomic mass is 10.2. The van der Waals surface area contributed by atoms with Gasteiger partial charge in [-0.25, -0.2) is 9.07 Å². The number of aromatic nitrogens is 2. The molecule has 1 heterocycles. The first kappa shape index (κ1) is 16.6. The number of carbonyl (C=O) groups excluding carboxylic acids is 1. The van der Waals surface area contributed by atoms with Crippen LogP contribution < -0.4 is 5.32 Å². The molecule has 0 saturated carbocycles. The summed E-state index contributed by atoms with van der Waals surface area (Å²) in [4.78, 5) is 22.4. The van der Waals surface area contributed by atoms with Gasteiger partial charge in [0.05, 0.1) is 33.1 Å². The number of anilines is 1. The van der Waals surface area contributed by atoms with Gasteiger partial charge in [0.1, 0.15) is 0 Å². The number of amides is 1. The molecule has 3 aromatic rings. The van der Waals surface area contributed by atoms with Gasteiger partial charge in [-0.15, -0.1) is 0 Å². The van der Waals surface area contributed by atoms with Gasteiger partial charge < -0.3 is 5.32 Å². The Bertz CT molecular complexity index is 956. The van der Waals surface area contributed by atoms with E-state index in [9.17, 15) is 19.3 Å². The number of hydrogen-bond acceptors (Lipinski definition) is 4. The molecule has 7 nitrogen and oxygen atoms in total. The van der Waals surface area contributed by atoms with Crippen molar-refractivity contribution >= 4 is 28.9 Å². The molecule has 1 aromatic heterocycles. The van der Waals surface area contributed by atoms with Crippen LogP contribution in [0.1, 0.15) is 10.4 Å². The zero-order valence-electron chi connectivity index (χ0n) is 12.5. The zero-order chi connectivity index (χ0) is 18.0. The maximum absolute atomic E-state index is 13.8. The Kier molecular flexibility index (Phi) is 4.44. The molecule has 25 heavy (non-hydrogen) atoms. The minimum absolute atomic E-state index is 0.0411. The van der Waals surface area contributed by atoms with Crippen molar-refractivity contribution in [3.05, 3.63) is 81.4 Å². The highest BCUT2D eigenvalue weighted by Crippen LogP contribution is 2.22. The van der Waals surface area contributed by atoms with Crippen molar-refractivity contribution in [2.75, 3.05) is 5.32 Å². The summed E-state index contributed by atoms with van der Waals surface area (Å²) in [5.41, 5.74) is 0.641. The molecule has 9 heteroatoms. The van der Waals surface area contributed by atoms with Crippen LogP contribution in [0.25, 0.3) is 5.69 Å². The van der Waals surface area contributed by atoms with Crippen LogP contribution in [0.4, 0.5) is 15.8 Å². The van der Waals surface area contributed by atoms with E-state index in [1.165, 1.54) is 59.5 Å². The molecule has 0 unspecified atom stereocenters. The molecule has 0 aliphatic heterocycles. The van der Waals surface area contributed by atoms with E-state index in [4.69, 9.17) is 11.6 Å². The first-order valence-corrected chi connectivity index (χ1v) is 7.38. The molecule has 0 fully saturated rings. The predicted octanol–water partition coefficient (Wildman–Crippen LogP) is 3.83. The summed E-state index contributed by atoms with van der Waals surface area (Å²) < 4.78 is 15.2. The van der Waals surface area contributed by atoms with Gasteiger partial charge >= 0.3 is 0 Å². The molecule has 0 aliphatic carbocycles. The molecule has 0 bridgehead atoms. The lowest BCUT2D eigenvalue weighted by molar-refractivity contribution is -0.384. The Labute approximate surface area is 145 Å². The van der Waals surface area contributed by atoms with Gasteiger partial charge in [-0.1, -0.05) is 17.7 Å². The minimum atomic E-state index is -0.722. The van der Waals surface area contributed by atoms with Crippen LogP contribution in [-0.4, -0.2) is 20.6 Å². The van der Waals surface area contributed by atoms with Gasteiger partial charge in [-0.2, -0.15) is 5.10 Å². The monoisotopic (exact) mass is 360 g/mol. The van der Waals surface area contributed by atoms with Gasteiger partial charge in [-0.05, 0) is 24.3 Å². The first-order chi connectivity index (χ1) is 12.0. The summed E-state index contributed by atoms with van der Waals surface area (Å²) in [5.74, 6) is -1.28. The molecule has 0 saturated heterocycles. The highest BCUT2D eigenvalue weighted by Gasteiger charge is 2.14. The highest BCUT2D eigenvalue weighted by molar-refractivity contribution is 6.31. The SMILES string of the molecule is O=C(Nc1cccc(Cl)c1F)c1cnn(-c2ccc([N+](=O)[O-])cc2)c1. The van der Waals surface area contributed by atoms with Crippen molar-refractivity contribution in [3.8, 4) is 5.69 Å². The summed E-state index contributed by atoms with van der Waals surface area (Å²) in [5, 5.41) is 17.0. The Balaban J connectivity index is 1.79. The molecule has 0 atom stereocenters. The fraction of sp³-hybridized carbons (Fsp3) is 0. The van der Waals surface area contributed by atoms with Crippen molar-refractivity contribution in [2.24, 2.45) is 0 Å². The molecular formula is C16H10ClFN4O3. The van der Waals surface area contributed by atoms with Crippen LogP contribution in [0, 0.1) is 15.9 Å². The van der Waals surface area contributed by atoms with E-state index >= 15 is 0 Å². The van der Waals surface area contributed by atoms with Crippen LogP contribution in [-0.2, 0) is 0 Å². The second-order valence-corrected chi connectivity index (χ2v) is 5.41. The van der Waals surface area contributed by atoms with E-state index in [1.807, 2.05) is 0 Å². The van der Waals surface area contributed by atoms with E-state index in [2.05, 4.69) is 10.4 Å². The summed E-state index contributed by atoms with van der Waals surface area (Å²) in [6.45, 7) is 0. The fourth-order valence-electron chi connectivity index (χ4n) is 2.10. The van der Waals surface area contributed by atoms with Crippen molar-refractivity contribution < 1.29 is 14.1 Å². The molecule has 0 radical (unpaired) electrons. The Hall–Kier alpha value is -3.26. The van der Waals surface area contributed by atoms with Crippen molar-refractivity contribution in [2.45, 2.75) is 0 Å². The summed E-state index contributed by atoms with van der Waals surface area (Å²) in [6, 6.07) is 9.95. The number of hydrogen-bond donors (Lipinski definition) is 1. The van der Waals surface area contributed by atoms with E-state index < -0.39 is 16.6 Å². The Morgan fingerprint density at radius 2 is 1.96 bits per heavy atom. The predicted molar refractivity (Wildman–Crippen MR) is 89.6 cm³/mol. The molecule has 1 N–H and O–H groups in total. The van der Waals surface area contributed by atoms with Gasteiger partial charge in [0.25, 0.3) is 11.6 Å². The third kappa shape index (κ3) is 3.48. The summed E-state index contributed by atoms with van der Waals surface area (Å²) in [7, 11) is 0. The van der Waals surface area contributed by atoms with Crippen LogP contribution >= 0.6 is 11.6 Å². The topological polar surface area (TPSA) is 90.1 Å². The number of nitrogens with one attached hydrogen (secondary N) is 1. The van der Waals surface area contributed by atoms with Gasteiger partial charge in [-0.3, -0.25) is 14.9 Å². The van der Waals surface area contributed by atoms with Crippen LogP contribution in [0.5, 0.6) is 0 Å². The lowest BCUT2D eigenvalue weighted by Gasteiger charge is -2.05. The number of nitrogens with zero attached hydrogens (tertiary/aromatic N) is 3. The number of non-ortho nitro benzene ring substituents is 1. The molecular weight excluding hydrogens is 351 g/mol. The van der Waals surface area contributed by atoms with E-state index in [0.29, 0.717) is 5.69 Å². The minimum Gasteiger partial charge on any atom is -0.319 e. The Morgan fingerprint density at radius 1 is 1.24 bits per heavy atom. The maximum Gasteiger partial charge on any atom is 0.269 e. The average molecular weight is 361 g/mol. The number of carbonyl (C=O) groups is 1. The quantitative estimate of drug-likeness (QED) is 0.565. The normalized spacial score (nSPS) is 10.5. The summed E-state index contributed by atoms with van der Waals surface area (Å²) in [6.07, 6.45) is 2.73. The van der Waals surface area contributed by atoms with E-state index in [1.54, 1.807) is 0 Å². The average Bonchev–Trinajstić information content (AvgIpc) is 3.09. The molecule has 1 amide bonds. The lowest BCUT2D eigenvalue weighted by Crippen LogP contribution is -2.12. The van der Waals surface area contributed by atoms with Crippen molar-refractivity contribution in [3.63, 3.8) is 0 Å².